The summed E-state index contributed by atoms with van der Waals surface area (Å²) in [5.41, 5.74) is 0.588. The molecule has 1 N–H and O–H groups in total. The van der Waals surface area contributed by atoms with Crippen LogP contribution in [0.2, 0.25) is 5.02 Å². The van der Waals surface area contributed by atoms with Gasteiger partial charge in [0.05, 0.1) is 5.02 Å². The number of hydrogen-bond acceptors (Lipinski definition) is 3. The number of carbonyl (C=O) groups is 1. The Bertz CT molecular complexity index is 497. The molecule has 0 saturated carbocycles. The first kappa shape index (κ1) is 15.8. The summed E-state index contributed by atoms with van der Waals surface area (Å²) in [6, 6.07) is 5.58. The predicted molar refractivity (Wildman–Crippen MR) is 85.4 cm³/mol. The van der Waals surface area contributed by atoms with E-state index in [4.69, 9.17) is 11.6 Å². The van der Waals surface area contributed by atoms with Crippen molar-refractivity contribution in [2.45, 2.75) is 6.04 Å². The third kappa shape index (κ3) is 3.95. The second kappa shape index (κ2) is 6.89. The number of nitrogens with one attached hydrogen (secondary N) is 1. The van der Waals surface area contributed by atoms with Crippen LogP contribution in [0.15, 0.2) is 22.7 Å². The molecule has 1 aromatic rings. The molecule has 1 aromatic carbocycles. The maximum Gasteiger partial charge on any atom is 0.251 e. The smallest absolute Gasteiger partial charge is 0.251 e. The second-order valence-corrected chi connectivity index (χ2v) is 6.50. The first-order chi connectivity index (χ1) is 9.47. The third-order valence-electron chi connectivity index (χ3n) is 3.66. The molecular weight excluding hydrogens is 342 g/mol. The Balaban J connectivity index is 1.92. The predicted octanol–water partition coefficient (Wildman–Crippen LogP) is 2.08. The molecule has 0 bridgehead atoms. The van der Waals surface area contributed by atoms with Gasteiger partial charge in [-0.2, -0.15) is 0 Å². The molecule has 0 aromatic heterocycles. The minimum Gasteiger partial charge on any atom is -0.350 e. The Morgan fingerprint density at radius 2 is 2.20 bits per heavy atom. The molecule has 110 valence electrons. The van der Waals surface area contributed by atoms with Crippen LogP contribution in [-0.2, 0) is 0 Å². The zero-order chi connectivity index (χ0) is 14.7. The Morgan fingerprint density at radius 3 is 2.90 bits per heavy atom. The summed E-state index contributed by atoms with van der Waals surface area (Å²) in [5, 5.41) is 3.53. The number of likely N-dealkylation sites (N-methyl/N-ethyl adjacent to an activating group) is 2. The van der Waals surface area contributed by atoms with Gasteiger partial charge in [0, 0.05) is 42.3 Å². The minimum absolute atomic E-state index is 0.0824. The van der Waals surface area contributed by atoms with Gasteiger partial charge in [0.25, 0.3) is 5.91 Å². The van der Waals surface area contributed by atoms with Crippen molar-refractivity contribution in [1.82, 2.24) is 15.1 Å². The number of nitrogens with zero attached hydrogens (tertiary/aromatic N) is 2. The first-order valence-electron chi connectivity index (χ1n) is 6.59. The van der Waals surface area contributed by atoms with Crippen LogP contribution in [0.1, 0.15) is 10.4 Å². The van der Waals surface area contributed by atoms with Crippen LogP contribution in [0.4, 0.5) is 0 Å². The summed E-state index contributed by atoms with van der Waals surface area (Å²) < 4.78 is 0.796. The van der Waals surface area contributed by atoms with E-state index in [1.807, 2.05) is 0 Å². The lowest BCUT2D eigenvalue weighted by Crippen LogP contribution is -2.54. The highest BCUT2D eigenvalue weighted by atomic mass is 79.9. The molecular formula is C14H19BrClN3O. The van der Waals surface area contributed by atoms with Gasteiger partial charge in [0.15, 0.2) is 0 Å². The van der Waals surface area contributed by atoms with E-state index >= 15 is 0 Å². The summed E-state index contributed by atoms with van der Waals surface area (Å²) >= 11 is 9.33. The number of piperazine rings is 1. The molecule has 6 heteroatoms. The molecule has 1 fully saturated rings. The van der Waals surface area contributed by atoms with Gasteiger partial charge in [-0.05, 0) is 48.2 Å². The van der Waals surface area contributed by atoms with Crippen molar-refractivity contribution >= 4 is 33.4 Å². The average Bonchev–Trinajstić information content (AvgIpc) is 2.42. The van der Waals surface area contributed by atoms with Crippen LogP contribution in [0, 0.1) is 0 Å². The lowest BCUT2D eigenvalue weighted by molar-refractivity contribution is 0.0881. The zero-order valence-corrected chi connectivity index (χ0v) is 14.0. The highest BCUT2D eigenvalue weighted by Gasteiger charge is 2.22. The fraction of sp³-hybridized carbons (Fsp3) is 0.500. The standard InChI is InChI=1S/C14H19BrClN3O/c1-18-5-6-19(2)11(9-18)8-17-14(20)10-3-4-12(15)13(16)7-10/h3-4,7,11H,5-6,8-9H2,1-2H3,(H,17,20). The number of rotatable bonds is 3. The summed E-state index contributed by atoms with van der Waals surface area (Å²) in [4.78, 5) is 16.7. The molecule has 1 aliphatic heterocycles. The molecule has 1 aliphatic rings. The van der Waals surface area contributed by atoms with Crippen LogP contribution in [0.3, 0.4) is 0 Å². The summed E-state index contributed by atoms with van der Waals surface area (Å²) in [6.45, 7) is 3.72. The summed E-state index contributed by atoms with van der Waals surface area (Å²) in [6.07, 6.45) is 0. The van der Waals surface area contributed by atoms with Crippen molar-refractivity contribution in [3.63, 3.8) is 0 Å². The molecule has 4 nitrogen and oxygen atoms in total. The maximum absolute atomic E-state index is 12.1. The molecule has 1 amide bonds. The minimum atomic E-state index is -0.0824. The van der Waals surface area contributed by atoms with E-state index in [9.17, 15) is 4.79 Å². The zero-order valence-electron chi connectivity index (χ0n) is 11.7. The van der Waals surface area contributed by atoms with E-state index in [1.54, 1.807) is 18.2 Å². The number of carbonyl (C=O) groups excluding carboxylic acids is 1. The van der Waals surface area contributed by atoms with Crippen LogP contribution < -0.4 is 5.32 Å². The number of hydrogen-bond donors (Lipinski definition) is 1. The molecule has 2 rings (SSSR count). The van der Waals surface area contributed by atoms with Gasteiger partial charge in [-0.15, -0.1) is 0 Å². The molecule has 0 spiro atoms. The normalized spacial score (nSPS) is 20.9. The molecule has 1 saturated heterocycles. The molecule has 1 unspecified atom stereocenters. The largest absolute Gasteiger partial charge is 0.350 e. The Kier molecular flexibility index (Phi) is 5.43. The van der Waals surface area contributed by atoms with Gasteiger partial charge >= 0.3 is 0 Å². The average molecular weight is 361 g/mol. The highest BCUT2D eigenvalue weighted by molar-refractivity contribution is 9.10. The van der Waals surface area contributed by atoms with Gasteiger partial charge < -0.3 is 10.2 Å². The summed E-state index contributed by atoms with van der Waals surface area (Å²) in [5.74, 6) is -0.0824. The van der Waals surface area contributed by atoms with Crippen LogP contribution in [0.25, 0.3) is 0 Å². The molecule has 1 heterocycles. The fourth-order valence-corrected chi connectivity index (χ4v) is 2.70. The fourth-order valence-electron chi connectivity index (χ4n) is 2.27. The van der Waals surface area contributed by atoms with Gasteiger partial charge in [-0.3, -0.25) is 9.69 Å². The number of amides is 1. The number of benzene rings is 1. The molecule has 20 heavy (non-hydrogen) atoms. The van der Waals surface area contributed by atoms with Crippen molar-refractivity contribution in [3.05, 3.63) is 33.3 Å². The van der Waals surface area contributed by atoms with Crippen molar-refractivity contribution in [2.24, 2.45) is 0 Å². The van der Waals surface area contributed by atoms with Crippen LogP contribution in [0.5, 0.6) is 0 Å². The van der Waals surface area contributed by atoms with E-state index < -0.39 is 0 Å². The van der Waals surface area contributed by atoms with E-state index in [2.05, 4.69) is 45.1 Å². The van der Waals surface area contributed by atoms with Crippen molar-refractivity contribution in [2.75, 3.05) is 40.3 Å². The van der Waals surface area contributed by atoms with Crippen LogP contribution >= 0.6 is 27.5 Å². The lowest BCUT2D eigenvalue weighted by Gasteiger charge is -2.37. The van der Waals surface area contributed by atoms with Crippen molar-refractivity contribution in [3.8, 4) is 0 Å². The summed E-state index contributed by atoms with van der Waals surface area (Å²) in [7, 11) is 4.20. The monoisotopic (exact) mass is 359 g/mol. The van der Waals surface area contributed by atoms with E-state index in [0.29, 0.717) is 23.2 Å². The van der Waals surface area contributed by atoms with Crippen LogP contribution in [-0.4, -0.2) is 62.0 Å². The number of halogens is 2. The Morgan fingerprint density at radius 1 is 1.45 bits per heavy atom. The second-order valence-electron chi connectivity index (χ2n) is 5.24. The Labute approximate surface area is 133 Å². The van der Waals surface area contributed by atoms with Crippen molar-refractivity contribution < 1.29 is 4.79 Å². The van der Waals surface area contributed by atoms with Gasteiger partial charge in [-0.25, -0.2) is 0 Å². The first-order valence-corrected chi connectivity index (χ1v) is 7.76. The van der Waals surface area contributed by atoms with Gasteiger partial charge in [-0.1, -0.05) is 11.6 Å². The SMILES string of the molecule is CN1CCN(C)C(CNC(=O)c2ccc(Br)c(Cl)c2)C1. The quantitative estimate of drug-likeness (QED) is 0.896. The third-order valence-corrected chi connectivity index (χ3v) is 4.89. The molecule has 0 radical (unpaired) electrons. The molecule has 1 atom stereocenters. The van der Waals surface area contributed by atoms with Gasteiger partial charge in [0.2, 0.25) is 0 Å². The Hall–Kier alpha value is -0.620. The van der Waals surface area contributed by atoms with E-state index in [-0.39, 0.29) is 5.91 Å². The lowest BCUT2D eigenvalue weighted by atomic mass is 10.1. The van der Waals surface area contributed by atoms with E-state index in [0.717, 1.165) is 24.1 Å². The molecule has 0 aliphatic carbocycles. The maximum atomic E-state index is 12.1. The van der Waals surface area contributed by atoms with Gasteiger partial charge in [0.1, 0.15) is 0 Å². The highest BCUT2D eigenvalue weighted by Crippen LogP contribution is 2.23. The topological polar surface area (TPSA) is 35.6 Å². The van der Waals surface area contributed by atoms with E-state index in [1.165, 1.54) is 0 Å². The van der Waals surface area contributed by atoms with Crippen molar-refractivity contribution in [1.29, 1.82) is 0 Å².